The molecule has 1 saturated carbocycles. The van der Waals surface area contributed by atoms with Gasteiger partial charge < -0.3 is 16.0 Å². The Balaban J connectivity index is 1.49. The van der Waals surface area contributed by atoms with Crippen LogP contribution < -0.4 is 16.0 Å². The van der Waals surface area contributed by atoms with Crippen LogP contribution in [-0.4, -0.2) is 55.1 Å². The van der Waals surface area contributed by atoms with Crippen molar-refractivity contribution < 1.29 is 9.59 Å². The molecule has 2 fully saturated rings. The smallest absolute Gasteiger partial charge is 0.315 e. The molecule has 150 valence electrons. The van der Waals surface area contributed by atoms with E-state index in [-0.39, 0.29) is 11.9 Å². The third-order valence-electron chi connectivity index (χ3n) is 5.71. The number of carbonyl (C=O) groups excluding carboxylic acids is 2. The van der Waals surface area contributed by atoms with Crippen molar-refractivity contribution in [1.82, 2.24) is 20.9 Å². The van der Waals surface area contributed by atoms with E-state index in [9.17, 15) is 9.59 Å². The number of urea groups is 1. The Morgan fingerprint density at radius 3 is 2.58 bits per heavy atom. The maximum Gasteiger partial charge on any atom is 0.315 e. The summed E-state index contributed by atoms with van der Waals surface area (Å²) in [5.74, 6) is 0.837. The average molecular weight is 367 g/mol. The maximum atomic E-state index is 12.0. The fourth-order valence-electron chi connectivity index (χ4n) is 4.04. The van der Waals surface area contributed by atoms with Gasteiger partial charge in [0.1, 0.15) is 0 Å². The Morgan fingerprint density at radius 1 is 1.08 bits per heavy atom. The minimum Gasteiger partial charge on any atom is -0.355 e. The van der Waals surface area contributed by atoms with Gasteiger partial charge in [0.15, 0.2) is 0 Å². The standard InChI is InChI=1S/C20H38N4O2/c1-16-8-7-13-24(15-16)17(2)14-22-19(25)11-6-12-21-20(26)23-18-9-4-3-5-10-18/h16-18H,3-15H2,1-2H3,(H,22,25)(H2,21,23,26). The molecule has 1 heterocycles. The zero-order chi connectivity index (χ0) is 18.8. The lowest BCUT2D eigenvalue weighted by molar-refractivity contribution is -0.121. The van der Waals surface area contributed by atoms with Crippen LogP contribution in [0.1, 0.15) is 71.6 Å². The molecule has 1 aliphatic carbocycles. The van der Waals surface area contributed by atoms with E-state index in [0.29, 0.717) is 38.0 Å². The first-order chi connectivity index (χ1) is 12.5. The van der Waals surface area contributed by atoms with Crippen LogP contribution >= 0.6 is 0 Å². The molecule has 0 aromatic rings. The summed E-state index contributed by atoms with van der Waals surface area (Å²) in [6.07, 6.45) is 9.59. The molecule has 0 aromatic heterocycles. The number of nitrogens with one attached hydrogen (secondary N) is 3. The molecule has 1 saturated heterocycles. The van der Waals surface area contributed by atoms with E-state index < -0.39 is 0 Å². The van der Waals surface area contributed by atoms with Crippen LogP contribution in [0.5, 0.6) is 0 Å². The van der Waals surface area contributed by atoms with Crippen molar-refractivity contribution in [3.8, 4) is 0 Å². The monoisotopic (exact) mass is 366 g/mol. The molecular weight excluding hydrogens is 328 g/mol. The van der Waals surface area contributed by atoms with Gasteiger partial charge in [-0.1, -0.05) is 26.2 Å². The predicted octanol–water partition coefficient (Wildman–Crippen LogP) is 2.64. The van der Waals surface area contributed by atoms with E-state index in [4.69, 9.17) is 0 Å². The summed E-state index contributed by atoms with van der Waals surface area (Å²) >= 11 is 0. The van der Waals surface area contributed by atoms with E-state index >= 15 is 0 Å². The zero-order valence-electron chi connectivity index (χ0n) is 16.7. The molecule has 0 radical (unpaired) electrons. The van der Waals surface area contributed by atoms with Gasteiger partial charge in [-0.05, 0) is 51.5 Å². The highest BCUT2D eigenvalue weighted by atomic mass is 16.2. The lowest BCUT2D eigenvalue weighted by atomic mass is 9.96. The number of piperidine rings is 1. The Hall–Kier alpha value is -1.30. The molecule has 2 aliphatic rings. The molecule has 0 bridgehead atoms. The summed E-state index contributed by atoms with van der Waals surface area (Å²) < 4.78 is 0. The second kappa shape index (κ2) is 11.4. The van der Waals surface area contributed by atoms with E-state index in [1.807, 2.05) is 0 Å². The Kier molecular flexibility index (Phi) is 9.23. The molecular formula is C20H38N4O2. The van der Waals surface area contributed by atoms with Gasteiger partial charge in [0, 0.05) is 38.1 Å². The van der Waals surface area contributed by atoms with Crippen molar-refractivity contribution in [1.29, 1.82) is 0 Å². The molecule has 1 aliphatic heterocycles. The number of nitrogens with zero attached hydrogens (tertiary/aromatic N) is 1. The maximum absolute atomic E-state index is 12.0. The molecule has 3 amide bonds. The van der Waals surface area contributed by atoms with Crippen LogP contribution in [0.4, 0.5) is 4.79 Å². The van der Waals surface area contributed by atoms with Crippen molar-refractivity contribution in [3.05, 3.63) is 0 Å². The van der Waals surface area contributed by atoms with Crippen LogP contribution in [0.15, 0.2) is 0 Å². The molecule has 0 spiro atoms. The van der Waals surface area contributed by atoms with E-state index in [1.54, 1.807) is 0 Å². The molecule has 26 heavy (non-hydrogen) atoms. The molecule has 2 unspecified atom stereocenters. The Bertz CT molecular complexity index is 438. The van der Waals surface area contributed by atoms with E-state index in [2.05, 4.69) is 34.7 Å². The number of hydrogen-bond donors (Lipinski definition) is 3. The van der Waals surface area contributed by atoms with Crippen molar-refractivity contribution in [2.24, 2.45) is 5.92 Å². The highest BCUT2D eigenvalue weighted by Crippen LogP contribution is 2.18. The van der Waals surface area contributed by atoms with Crippen molar-refractivity contribution in [3.63, 3.8) is 0 Å². The quantitative estimate of drug-likeness (QED) is 0.578. The third kappa shape index (κ3) is 7.94. The number of hydrogen-bond acceptors (Lipinski definition) is 3. The van der Waals surface area contributed by atoms with Crippen LogP contribution in [-0.2, 0) is 4.79 Å². The topological polar surface area (TPSA) is 73.5 Å². The van der Waals surface area contributed by atoms with Crippen molar-refractivity contribution in [2.75, 3.05) is 26.2 Å². The fourth-order valence-corrected chi connectivity index (χ4v) is 4.04. The first-order valence-electron chi connectivity index (χ1n) is 10.6. The van der Waals surface area contributed by atoms with E-state index in [1.165, 1.54) is 32.1 Å². The lowest BCUT2D eigenvalue weighted by Gasteiger charge is -2.35. The molecule has 2 rings (SSSR count). The zero-order valence-corrected chi connectivity index (χ0v) is 16.7. The molecule has 6 heteroatoms. The van der Waals surface area contributed by atoms with E-state index in [0.717, 1.165) is 31.8 Å². The molecule has 6 nitrogen and oxygen atoms in total. The summed E-state index contributed by atoms with van der Waals surface area (Å²) in [5.41, 5.74) is 0. The normalized spacial score (nSPS) is 23.2. The number of rotatable bonds is 8. The largest absolute Gasteiger partial charge is 0.355 e. The highest BCUT2D eigenvalue weighted by Gasteiger charge is 2.21. The van der Waals surface area contributed by atoms with Gasteiger partial charge in [0.05, 0.1) is 0 Å². The van der Waals surface area contributed by atoms with Gasteiger partial charge in [-0.3, -0.25) is 9.69 Å². The second-order valence-corrected chi connectivity index (χ2v) is 8.23. The molecule has 3 N–H and O–H groups in total. The van der Waals surface area contributed by atoms with Gasteiger partial charge in [0.2, 0.25) is 5.91 Å². The van der Waals surface area contributed by atoms with Gasteiger partial charge in [0.25, 0.3) is 0 Å². The summed E-state index contributed by atoms with van der Waals surface area (Å²) in [6, 6.07) is 0.622. The average Bonchev–Trinajstić information content (AvgIpc) is 2.64. The minimum atomic E-state index is -0.0925. The predicted molar refractivity (Wildman–Crippen MR) is 105 cm³/mol. The van der Waals surface area contributed by atoms with Crippen LogP contribution in [0.25, 0.3) is 0 Å². The second-order valence-electron chi connectivity index (χ2n) is 8.23. The van der Waals surface area contributed by atoms with Crippen LogP contribution in [0.3, 0.4) is 0 Å². The third-order valence-corrected chi connectivity index (χ3v) is 5.71. The number of carbonyl (C=O) groups is 2. The van der Waals surface area contributed by atoms with Gasteiger partial charge >= 0.3 is 6.03 Å². The van der Waals surface area contributed by atoms with Gasteiger partial charge in [-0.2, -0.15) is 0 Å². The first kappa shape index (κ1) is 21.0. The lowest BCUT2D eigenvalue weighted by Crippen LogP contribution is -2.46. The number of amides is 3. The molecule has 0 aromatic carbocycles. The minimum absolute atomic E-state index is 0.0800. The molecule has 2 atom stereocenters. The summed E-state index contributed by atoms with van der Waals surface area (Å²) in [7, 11) is 0. The highest BCUT2D eigenvalue weighted by molar-refractivity contribution is 5.76. The summed E-state index contributed by atoms with van der Waals surface area (Å²) in [4.78, 5) is 26.3. The van der Waals surface area contributed by atoms with Gasteiger partial charge in [-0.15, -0.1) is 0 Å². The van der Waals surface area contributed by atoms with Crippen molar-refractivity contribution in [2.45, 2.75) is 83.7 Å². The van der Waals surface area contributed by atoms with Crippen LogP contribution in [0.2, 0.25) is 0 Å². The van der Waals surface area contributed by atoms with Crippen LogP contribution in [0, 0.1) is 5.92 Å². The number of likely N-dealkylation sites (tertiary alicyclic amines) is 1. The fraction of sp³-hybridized carbons (Fsp3) is 0.900. The van der Waals surface area contributed by atoms with Crippen molar-refractivity contribution >= 4 is 11.9 Å². The Morgan fingerprint density at radius 2 is 1.85 bits per heavy atom. The van der Waals surface area contributed by atoms with Gasteiger partial charge in [-0.25, -0.2) is 4.79 Å². The summed E-state index contributed by atoms with van der Waals surface area (Å²) in [6.45, 7) is 8.02. The Labute approximate surface area is 158 Å². The summed E-state index contributed by atoms with van der Waals surface area (Å²) in [5, 5.41) is 8.94. The first-order valence-corrected chi connectivity index (χ1v) is 10.6. The SMILES string of the molecule is CC1CCCN(C(C)CNC(=O)CCCNC(=O)NC2CCCCC2)C1.